The van der Waals surface area contributed by atoms with Crippen LogP contribution in [0.2, 0.25) is 0 Å². The summed E-state index contributed by atoms with van der Waals surface area (Å²) in [6.45, 7) is 1.48. The molecule has 3 N–H and O–H groups in total. The van der Waals surface area contributed by atoms with Crippen LogP contribution in [0.15, 0.2) is 0 Å². The normalized spacial score (nSPS) is 16.7. The van der Waals surface area contributed by atoms with Crippen molar-refractivity contribution in [2.24, 2.45) is 0 Å². The lowest BCUT2D eigenvalue weighted by Crippen LogP contribution is -2.33. The van der Waals surface area contributed by atoms with Crippen LogP contribution in [0.3, 0.4) is 0 Å². The van der Waals surface area contributed by atoms with E-state index in [2.05, 4.69) is 0 Å². The van der Waals surface area contributed by atoms with E-state index in [1.165, 1.54) is 6.92 Å². The van der Waals surface area contributed by atoms with Crippen LogP contribution in [0.1, 0.15) is 6.92 Å². The van der Waals surface area contributed by atoms with E-state index in [0.717, 1.165) is 0 Å². The molecule has 0 bridgehead atoms. The van der Waals surface area contributed by atoms with Gasteiger partial charge in [-0.2, -0.15) is 0 Å². The third kappa shape index (κ3) is 4.23. The van der Waals surface area contributed by atoms with Crippen LogP contribution < -0.4 is 0 Å². The molecule has 58 valence electrons. The number of aliphatic hydroxyl groups is 1. The maximum atomic E-state index is 9.00. The lowest BCUT2D eigenvalue weighted by atomic mass is 10.2. The summed E-state index contributed by atoms with van der Waals surface area (Å²) >= 11 is 15.9. The van der Waals surface area contributed by atoms with Crippen molar-refractivity contribution < 1.29 is 10.6 Å². The van der Waals surface area contributed by atoms with E-state index in [1.807, 2.05) is 0 Å². The molecule has 5 heteroatoms. The molecule has 0 aromatic rings. The summed E-state index contributed by atoms with van der Waals surface area (Å²) in [5, 5.41) is 9.00. The minimum Gasteiger partial charge on any atom is -0.412 e. The molecule has 2 nitrogen and oxygen atoms in total. The first kappa shape index (κ1) is 12.5. The van der Waals surface area contributed by atoms with Crippen molar-refractivity contribution >= 4 is 34.8 Å². The maximum absolute atomic E-state index is 9.00. The molecule has 0 rings (SSSR count). The summed E-state index contributed by atoms with van der Waals surface area (Å²) in [5.41, 5.74) is -1.16. The first-order valence-electron chi connectivity index (χ1n) is 2.07. The molecular weight excluding hydrogens is 186 g/mol. The molecule has 0 aliphatic carbocycles. The zero-order valence-corrected chi connectivity index (χ0v) is 7.13. The van der Waals surface area contributed by atoms with Crippen LogP contribution in [-0.4, -0.2) is 26.9 Å². The Morgan fingerprint density at radius 1 is 1.56 bits per heavy atom. The fourth-order valence-electron chi connectivity index (χ4n) is 0.0583. The predicted octanol–water partition coefficient (Wildman–Crippen LogP) is 0.955. The summed E-state index contributed by atoms with van der Waals surface area (Å²) in [7, 11) is 0. The van der Waals surface area contributed by atoms with E-state index in [1.54, 1.807) is 0 Å². The summed E-state index contributed by atoms with van der Waals surface area (Å²) in [6, 6.07) is 0. The molecule has 0 spiro atoms. The minimum atomic E-state index is -1.16. The number of alkyl halides is 3. The van der Waals surface area contributed by atoms with E-state index in [0.29, 0.717) is 0 Å². The van der Waals surface area contributed by atoms with Gasteiger partial charge in [0.1, 0.15) is 10.4 Å². The van der Waals surface area contributed by atoms with Gasteiger partial charge in [-0.1, -0.05) is 0 Å². The highest BCUT2D eigenvalue weighted by Crippen LogP contribution is 2.20. The van der Waals surface area contributed by atoms with E-state index in [-0.39, 0.29) is 11.4 Å². The zero-order chi connectivity index (χ0) is 6.78. The first-order valence-corrected chi connectivity index (χ1v) is 3.48. The highest BCUT2D eigenvalue weighted by atomic mass is 35.5. The van der Waals surface area contributed by atoms with Gasteiger partial charge in [-0.05, 0) is 6.92 Å². The van der Waals surface area contributed by atoms with E-state index < -0.39 is 10.4 Å². The summed E-state index contributed by atoms with van der Waals surface area (Å²) in [4.78, 5) is -0.819. The first-order chi connectivity index (χ1) is 3.50. The lowest BCUT2D eigenvalue weighted by Gasteiger charge is -2.20. The Hall–Kier alpha value is 0.790. The zero-order valence-electron chi connectivity index (χ0n) is 4.87. The Morgan fingerprint density at radius 2 is 1.89 bits per heavy atom. The second kappa shape index (κ2) is 4.58. The molecule has 0 aliphatic heterocycles. The van der Waals surface area contributed by atoms with E-state index in [4.69, 9.17) is 39.9 Å². The molecule has 0 aromatic carbocycles. The Kier molecular flexibility index (Phi) is 6.35. The molecule has 0 saturated heterocycles. The second-order valence-corrected chi connectivity index (χ2v) is 3.16. The molecule has 0 fully saturated rings. The van der Waals surface area contributed by atoms with Gasteiger partial charge in [0.25, 0.3) is 0 Å². The fraction of sp³-hybridized carbons (Fsp3) is 1.00. The summed E-state index contributed by atoms with van der Waals surface area (Å²) < 4.78 is 0. The minimum absolute atomic E-state index is 0. The molecule has 0 amide bonds. The van der Waals surface area contributed by atoms with Gasteiger partial charge in [0.05, 0.1) is 5.88 Å². The molecule has 0 heterocycles. The molecule has 0 aromatic heterocycles. The predicted molar refractivity (Wildman–Crippen MR) is 40.5 cm³/mol. The Morgan fingerprint density at radius 3 is 1.89 bits per heavy atom. The van der Waals surface area contributed by atoms with Crippen LogP contribution in [-0.2, 0) is 0 Å². The monoisotopic (exact) mass is 194 g/mol. The molecular formula is C4H9Cl3O2. The lowest BCUT2D eigenvalue weighted by molar-refractivity contribution is 0.0988. The van der Waals surface area contributed by atoms with Gasteiger partial charge in [0.2, 0.25) is 0 Å². The quantitative estimate of drug-likeness (QED) is 0.656. The largest absolute Gasteiger partial charge is 0.412 e. The van der Waals surface area contributed by atoms with Gasteiger partial charge in [-0.3, -0.25) is 0 Å². The molecule has 1 unspecified atom stereocenters. The van der Waals surface area contributed by atoms with E-state index >= 15 is 0 Å². The van der Waals surface area contributed by atoms with Gasteiger partial charge in [-0.25, -0.2) is 0 Å². The van der Waals surface area contributed by atoms with Crippen molar-refractivity contribution in [1.82, 2.24) is 0 Å². The SMILES string of the molecule is CC(O)(CCl)C(Cl)Cl.O. The average Bonchev–Trinajstić information content (AvgIpc) is 1.67. The number of hydrogen-bond acceptors (Lipinski definition) is 1. The Labute approximate surface area is 69.0 Å². The average molecular weight is 195 g/mol. The Bertz CT molecular complexity index is 74.2. The van der Waals surface area contributed by atoms with Crippen LogP contribution >= 0.6 is 34.8 Å². The van der Waals surface area contributed by atoms with Crippen LogP contribution in [0, 0.1) is 0 Å². The van der Waals surface area contributed by atoms with E-state index in [9.17, 15) is 0 Å². The molecule has 0 aliphatic rings. The van der Waals surface area contributed by atoms with Crippen molar-refractivity contribution in [3.05, 3.63) is 0 Å². The Balaban J connectivity index is 0. The number of hydrogen-bond donors (Lipinski definition) is 1. The topological polar surface area (TPSA) is 51.7 Å². The second-order valence-electron chi connectivity index (χ2n) is 1.79. The van der Waals surface area contributed by atoms with Crippen LogP contribution in [0.5, 0.6) is 0 Å². The van der Waals surface area contributed by atoms with Gasteiger partial charge >= 0.3 is 0 Å². The number of rotatable bonds is 2. The molecule has 9 heavy (non-hydrogen) atoms. The fourth-order valence-corrected chi connectivity index (χ4v) is 0.525. The van der Waals surface area contributed by atoms with Crippen LogP contribution in [0.4, 0.5) is 0 Å². The van der Waals surface area contributed by atoms with Crippen molar-refractivity contribution in [2.75, 3.05) is 5.88 Å². The standard InChI is InChI=1S/C4H7Cl3O.H2O/c1-4(8,2-5)3(6)7;/h3,8H,2H2,1H3;1H2. The van der Waals surface area contributed by atoms with Gasteiger partial charge in [-0.15, -0.1) is 34.8 Å². The highest BCUT2D eigenvalue weighted by Gasteiger charge is 2.26. The smallest absolute Gasteiger partial charge is 0.137 e. The molecule has 0 radical (unpaired) electrons. The molecule has 0 saturated carbocycles. The van der Waals surface area contributed by atoms with Crippen molar-refractivity contribution in [3.8, 4) is 0 Å². The van der Waals surface area contributed by atoms with Gasteiger partial charge in [0.15, 0.2) is 0 Å². The number of halogens is 3. The van der Waals surface area contributed by atoms with Crippen LogP contribution in [0.25, 0.3) is 0 Å². The van der Waals surface area contributed by atoms with Gasteiger partial charge < -0.3 is 10.6 Å². The van der Waals surface area contributed by atoms with Crippen molar-refractivity contribution in [2.45, 2.75) is 17.4 Å². The highest BCUT2D eigenvalue weighted by molar-refractivity contribution is 6.45. The third-order valence-electron chi connectivity index (χ3n) is 0.741. The van der Waals surface area contributed by atoms with Crippen molar-refractivity contribution in [3.63, 3.8) is 0 Å². The maximum Gasteiger partial charge on any atom is 0.137 e. The summed E-state index contributed by atoms with van der Waals surface area (Å²) in [5.74, 6) is 0.0463. The van der Waals surface area contributed by atoms with Crippen molar-refractivity contribution in [1.29, 1.82) is 0 Å². The molecule has 1 atom stereocenters. The third-order valence-corrected chi connectivity index (χ3v) is 2.22. The summed E-state index contributed by atoms with van der Waals surface area (Å²) in [6.07, 6.45) is 0. The van der Waals surface area contributed by atoms with Gasteiger partial charge in [0, 0.05) is 0 Å².